The zero-order valence-corrected chi connectivity index (χ0v) is 9.87. The van der Waals surface area contributed by atoms with E-state index in [0.717, 1.165) is 0 Å². The standard InChI is InChI=1S/C9H19Br.H3N/c1-5-6-7-9(3,4)8(2)10;/h8H,5-7H2,1-4H3;1H3. The van der Waals surface area contributed by atoms with Gasteiger partial charge in [-0.15, -0.1) is 0 Å². The molecule has 0 radical (unpaired) electrons. The molecule has 0 heterocycles. The summed E-state index contributed by atoms with van der Waals surface area (Å²) >= 11 is 3.63. The summed E-state index contributed by atoms with van der Waals surface area (Å²) in [7, 11) is 0. The molecule has 0 fully saturated rings. The van der Waals surface area contributed by atoms with E-state index in [9.17, 15) is 0 Å². The monoisotopic (exact) mass is 223 g/mol. The van der Waals surface area contributed by atoms with Gasteiger partial charge in [-0.2, -0.15) is 0 Å². The number of unbranched alkanes of at least 4 members (excludes halogenated alkanes) is 1. The molecule has 0 aromatic carbocycles. The number of rotatable bonds is 4. The minimum absolute atomic E-state index is 0. The molecule has 3 N–H and O–H groups in total. The molecule has 0 saturated heterocycles. The summed E-state index contributed by atoms with van der Waals surface area (Å²) in [4.78, 5) is 0.631. The lowest BCUT2D eigenvalue weighted by Gasteiger charge is -2.27. The van der Waals surface area contributed by atoms with E-state index in [1.54, 1.807) is 0 Å². The van der Waals surface area contributed by atoms with Gasteiger partial charge >= 0.3 is 0 Å². The van der Waals surface area contributed by atoms with Crippen LogP contribution in [0.4, 0.5) is 0 Å². The highest BCUT2D eigenvalue weighted by Crippen LogP contribution is 2.31. The van der Waals surface area contributed by atoms with Crippen LogP contribution in [0.1, 0.15) is 47.0 Å². The molecule has 1 nitrogen and oxygen atoms in total. The summed E-state index contributed by atoms with van der Waals surface area (Å²) in [6.07, 6.45) is 3.99. The number of hydrogen-bond acceptors (Lipinski definition) is 1. The van der Waals surface area contributed by atoms with Crippen LogP contribution in [0.15, 0.2) is 0 Å². The molecule has 0 rings (SSSR count). The molecule has 2 heteroatoms. The van der Waals surface area contributed by atoms with Crippen molar-refractivity contribution in [3.8, 4) is 0 Å². The Hall–Kier alpha value is 0.440. The third-order valence-electron chi connectivity index (χ3n) is 2.25. The average molecular weight is 224 g/mol. The Labute approximate surface area is 79.7 Å². The largest absolute Gasteiger partial charge is 0.344 e. The maximum Gasteiger partial charge on any atom is 0.0168 e. The molecule has 1 unspecified atom stereocenters. The van der Waals surface area contributed by atoms with Crippen molar-refractivity contribution in [2.45, 2.75) is 51.8 Å². The quantitative estimate of drug-likeness (QED) is 0.715. The smallest absolute Gasteiger partial charge is 0.0168 e. The van der Waals surface area contributed by atoms with Gasteiger partial charge in [-0.3, -0.25) is 0 Å². The lowest BCUT2D eigenvalue weighted by Crippen LogP contribution is -2.21. The second-order valence-electron chi connectivity index (χ2n) is 3.71. The van der Waals surface area contributed by atoms with E-state index in [2.05, 4.69) is 43.6 Å². The molecule has 0 aliphatic heterocycles. The van der Waals surface area contributed by atoms with Gasteiger partial charge < -0.3 is 6.15 Å². The minimum Gasteiger partial charge on any atom is -0.344 e. The van der Waals surface area contributed by atoms with Gasteiger partial charge in [0.1, 0.15) is 0 Å². The lowest BCUT2D eigenvalue weighted by atomic mass is 9.85. The zero-order chi connectivity index (χ0) is 8.20. The first kappa shape index (κ1) is 14.0. The Morgan fingerprint density at radius 3 is 2.09 bits per heavy atom. The van der Waals surface area contributed by atoms with Crippen LogP contribution in [-0.4, -0.2) is 4.83 Å². The molecule has 0 spiro atoms. The second kappa shape index (κ2) is 6.01. The summed E-state index contributed by atoms with van der Waals surface area (Å²) in [5.41, 5.74) is 0.468. The maximum atomic E-state index is 3.63. The predicted octanol–water partition coefficient (Wildman–Crippen LogP) is 4.15. The molecule has 0 aromatic rings. The van der Waals surface area contributed by atoms with Crippen LogP contribution in [-0.2, 0) is 0 Å². The van der Waals surface area contributed by atoms with Crippen molar-refractivity contribution in [3.63, 3.8) is 0 Å². The third kappa shape index (κ3) is 5.68. The lowest BCUT2D eigenvalue weighted by molar-refractivity contribution is 0.326. The minimum atomic E-state index is 0. The normalized spacial score (nSPS) is 13.9. The molecule has 0 saturated carbocycles. The summed E-state index contributed by atoms with van der Waals surface area (Å²) in [6, 6.07) is 0. The molecule has 0 aliphatic rings. The molecule has 0 amide bonds. The second-order valence-corrected chi connectivity index (χ2v) is 5.08. The average Bonchev–Trinajstić information content (AvgIpc) is 1.84. The van der Waals surface area contributed by atoms with Crippen LogP contribution in [0.3, 0.4) is 0 Å². The first-order chi connectivity index (χ1) is 4.50. The van der Waals surface area contributed by atoms with E-state index in [0.29, 0.717) is 10.2 Å². The first-order valence-electron chi connectivity index (χ1n) is 4.14. The molecule has 0 aromatic heterocycles. The molecule has 1 atom stereocenters. The Morgan fingerprint density at radius 2 is 1.82 bits per heavy atom. The van der Waals surface area contributed by atoms with Crippen molar-refractivity contribution >= 4 is 15.9 Å². The summed E-state index contributed by atoms with van der Waals surface area (Å²) in [6.45, 7) is 9.12. The Balaban J connectivity index is 0. The fraction of sp³-hybridized carbons (Fsp3) is 1.00. The van der Waals surface area contributed by atoms with Crippen molar-refractivity contribution in [1.29, 1.82) is 0 Å². The fourth-order valence-corrected chi connectivity index (χ4v) is 1.06. The summed E-state index contributed by atoms with van der Waals surface area (Å²) in [5, 5.41) is 0. The van der Waals surface area contributed by atoms with Crippen molar-refractivity contribution < 1.29 is 0 Å². The van der Waals surface area contributed by atoms with Crippen molar-refractivity contribution in [2.75, 3.05) is 0 Å². The first-order valence-corrected chi connectivity index (χ1v) is 5.06. The highest BCUT2D eigenvalue weighted by Gasteiger charge is 2.22. The van der Waals surface area contributed by atoms with Crippen LogP contribution in [0.5, 0.6) is 0 Å². The number of hydrogen-bond donors (Lipinski definition) is 1. The molecule has 0 aliphatic carbocycles. The summed E-state index contributed by atoms with van der Waals surface area (Å²) < 4.78 is 0. The summed E-state index contributed by atoms with van der Waals surface area (Å²) in [5.74, 6) is 0. The van der Waals surface area contributed by atoms with E-state index >= 15 is 0 Å². The van der Waals surface area contributed by atoms with Gasteiger partial charge in [0.05, 0.1) is 0 Å². The van der Waals surface area contributed by atoms with E-state index in [4.69, 9.17) is 0 Å². The number of halogens is 1. The van der Waals surface area contributed by atoms with E-state index in [-0.39, 0.29) is 6.15 Å². The van der Waals surface area contributed by atoms with Crippen LogP contribution in [0.25, 0.3) is 0 Å². The highest BCUT2D eigenvalue weighted by molar-refractivity contribution is 9.09. The van der Waals surface area contributed by atoms with Gasteiger partial charge in [-0.25, -0.2) is 0 Å². The Bertz CT molecular complexity index is 89.6. The highest BCUT2D eigenvalue weighted by atomic mass is 79.9. The van der Waals surface area contributed by atoms with Gasteiger partial charge in [0.15, 0.2) is 0 Å². The van der Waals surface area contributed by atoms with Gasteiger partial charge in [-0.1, -0.05) is 56.5 Å². The SMILES string of the molecule is CCCCC(C)(C)C(C)Br.N. The van der Waals surface area contributed by atoms with Gasteiger partial charge in [0, 0.05) is 4.83 Å². The van der Waals surface area contributed by atoms with Gasteiger partial charge in [-0.05, 0) is 11.8 Å². The van der Waals surface area contributed by atoms with Crippen LogP contribution in [0.2, 0.25) is 0 Å². The topological polar surface area (TPSA) is 35.0 Å². The Kier molecular flexibility index (Phi) is 7.65. The molecule has 11 heavy (non-hydrogen) atoms. The fourth-order valence-electron chi connectivity index (χ4n) is 0.831. The predicted molar refractivity (Wildman–Crippen MR) is 56.7 cm³/mol. The van der Waals surface area contributed by atoms with Crippen molar-refractivity contribution in [1.82, 2.24) is 6.15 Å². The molecular weight excluding hydrogens is 202 g/mol. The van der Waals surface area contributed by atoms with Crippen LogP contribution < -0.4 is 6.15 Å². The Morgan fingerprint density at radius 1 is 1.36 bits per heavy atom. The van der Waals surface area contributed by atoms with E-state index < -0.39 is 0 Å². The molecule has 70 valence electrons. The number of alkyl halides is 1. The van der Waals surface area contributed by atoms with E-state index in [1.165, 1.54) is 19.3 Å². The van der Waals surface area contributed by atoms with Gasteiger partial charge in [0.25, 0.3) is 0 Å². The molecule has 0 bridgehead atoms. The third-order valence-corrected chi connectivity index (χ3v) is 3.49. The van der Waals surface area contributed by atoms with Crippen molar-refractivity contribution in [3.05, 3.63) is 0 Å². The zero-order valence-electron chi connectivity index (χ0n) is 8.28. The molecular formula is C9H22BrN. The maximum absolute atomic E-state index is 3.63. The van der Waals surface area contributed by atoms with Crippen LogP contribution in [0, 0.1) is 5.41 Å². The van der Waals surface area contributed by atoms with Gasteiger partial charge in [0.2, 0.25) is 0 Å². The van der Waals surface area contributed by atoms with Crippen LogP contribution >= 0.6 is 15.9 Å². The van der Waals surface area contributed by atoms with E-state index in [1.807, 2.05) is 0 Å². The van der Waals surface area contributed by atoms with Crippen molar-refractivity contribution in [2.24, 2.45) is 5.41 Å².